The second kappa shape index (κ2) is 6.68. The van der Waals surface area contributed by atoms with Gasteiger partial charge >= 0.3 is 0 Å². The Bertz CT molecular complexity index is 542. The smallest absolute Gasteiger partial charge is 0.226 e. The summed E-state index contributed by atoms with van der Waals surface area (Å²) >= 11 is 3.50. The molecule has 0 unspecified atom stereocenters. The maximum absolute atomic E-state index is 5.66. The summed E-state index contributed by atoms with van der Waals surface area (Å²) in [6.07, 6.45) is 0.734. The lowest BCUT2D eigenvalue weighted by Crippen LogP contribution is -2.06. The first-order chi connectivity index (χ1) is 9.22. The third kappa shape index (κ3) is 3.78. The van der Waals surface area contributed by atoms with Crippen LogP contribution < -0.4 is 10.1 Å². The quantitative estimate of drug-likeness (QED) is 0.884. The van der Waals surface area contributed by atoms with Crippen LogP contribution in [0.1, 0.15) is 24.2 Å². The normalized spacial score (nSPS) is 10.7. The largest absolute Gasteiger partial charge is 0.485 e. The van der Waals surface area contributed by atoms with E-state index in [1.165, 1.54) is 0 Å². The van der Waals surface area contributed by atoms with E-state index >= 15 is 0 Å². The van der Waals surface area contributed by atoms with E-state index in [2.05, 4.69) is 31.4 Å². The summed E-state index contributed by atoms with van der Waals surface area (Å²) in [4.78, 5) is 4.20. The molecule has 0 aliphatic rings. The predicted molar refractivity (Wildman–Crippen MR) is 74.9 cm³/mol. The average Bonchev–Trinajstić information content (AvgIpc) is 2.88. The monoisotopic (exact) mass is 325 g/mol. The van der Waals surface area contributed by atoms with Gasteiger partial charge in [0.05, 0.1) is 0 Å². The van der Waals surface area contributed by atoms with Crippen LogP contribution in [0, 0.1) is 0 Å². The van der Waals surface area contributed by atoms with Gasteiger partial charge in [-0.25, -0.2) is 0 Å². The highest BCUT2D eigenvalue weighted by Crippen LogP contribution is 2.23. The minimum atomic E-state index is 0.310. The molecule has 1 heterocycles. The lowest BCUT2D eigenvalue weighted by molar-refractivity contribution is 0.285. The van der Waals surface area contributed by atoms with Gasteiger partial charge in [-0.3, -0.25) is 0 Å². The Morgan fingerprint density at radius 3 is 2.95 bits per heavy atom. The maximum Gasteiger partial charge on any atom is 0.226 e. The van der Waals surface area contributed by atoms with E-state index in [1.807, 2.05) is 32.2 Å². The van der Waals surface area contributed by atoms with Crippen LogP contribution in [-0.4, -0.2) is 17.2 Å². The third-order valence-corrected chi connectivity index (χ3v) is 3.34. The number of nitrogens with one attached hydrogen (secondary N) is 1. The van der Waals surface area contributed by atoms with Crippen molar-refractivity contribution in [2.45, 2.75) is 26.5 Å². The molecule has 6 heteroatoms. The molecule has 0 atom stereocenters. The summed E-state index contributed by atoms with van der Waals surface area (Å²) in [5.74, 6) is 1.98. The van der Waals surface area contributed by atoms with Gasteiger partial charge in [0, 0.05) is 17.4 Å². The van der Waals surface area contributed by atoms with E-state index in [0.717, 1.165) is 28.8 Å². The first-order valence-corrected chi connectivity index (χ1v) is 6.89. The van der Waals surface area contributed by atoms with Crippen LogP contribution in [-0.2, 0) is 19.6 Å². The molecule has 1 aromatic carbocycles. The van der Waals surface area contributed by atoms with Crippen molar-refractivity contribution in [3.8, 4) is 5.75 Å². The molecule has 2 rings (SSSR count). The molecule has 0 spiro atoms. The molecule has 0 fully saturated rings. The number of halogens is 1. The number of aryl methyl sites for hydroxylation is 1. The van der Waals surface area contributed by atoms with Crippen molar-refractivity contribution in [2.24, 2.45) is 0 Å². The molecule has 2 aromatic rings. The van der Waals surface area contributed by atoms with Gasteiger partial charge in [0.25, 0.3) is 0 Å². The molecule has 0 bridgehead atoms. The molecular weight excluding hydrogens is 310 g/mol. The van der Waals surface area contributed by atoms with Gasteiger partial charge in [-0.2, -0.15) is 4.98 Å². The number of hydrogen-bond acceptors (Lipinski definition) is 5. The zero-order chi connectivity index (χ0) is 13.7. The highest BCUT2D eigenvalue weighted by Gasteiger charge is 2.06. The van der Waals surface area contributed by atoms with E-state index < -0.39 is 0 Å². The fraction of sp³-hybridized carbons (Fsp3) is 0.385. The first kappa shape index (κ1) is 14.0. The second-order valence-corrected chi connectivity index (χ2v) is 4.88. The van der Waals surface area contributed by atoms with Gasteiger partial charge in [-0.05, 0) is 30.8 Å². The van der Waals surface area contributed by atoms with E-state index in [9.17, 15) is 0 Å². The van der Waals surface area contributed by atoms with Gasteiger partial charge in [-0.15, -0.1) is 0 Å². The van der Waals surface area contributed by atoms with Crippen molar-refractivity contribution in [1.29, 1.82) is 0 Å². The minimum absolute atomic E-state index is 0.310. The van der Waals surface area contributed by atoms with Crippen LogP contribution in [0.3, 0.4) is 0 Å². The molecule has 0 aliphatic heterocycles. The second-order valence-electron chi connectivity index (χ2n) is 4.03. The lowest BCUT2D eigenvalue weighted by atomic mass is 10.2. The van der Waals surface area contributed by atoms with Crippen LogP contribution in [0.25, 0.3) is 0 Å². The van der Waals surface area contributed by atoms with Gasteiger partial charge in [0.2, 0.25) is 11.7 Å². The van der Waals surface area contributed by atoms with E-state index in [-0.39, 0.29) is 0 Å². The van der Waals surface area contributed by atoms with Crippen molar-refractivity contribution < 1.29 is 9.26 Å². The van der Waals surface area contributed by atoms with Gasteiger partial charge < -0.3 is 14.6 Å². The number of aromatic nitrogens is 2. The number of ether oxygens (including phenoxy) is 1. The maximum atomic E-state index is 5.66. The van der Waals surface area contributed by atoms with E-state index in [4.69, 9.17) is 9.26 Å². The molecule has 5 nitrogen and oxygen atoms in total. The Hall–Kier alpha value is -1.40. The number of hydrogen-bond donors (Lipinski definition) is 1. The Morgan fingerprint density at radius 1 is 1.42 bits per heavy atom. The predicted octanol–water partition coefficient (Wildman–Crippen LogP) is 2.69. The molecule has 0 saturated heterocycles. The highest BCUT2D eigenvalue weighted by molar-refractivity contribution is 9.10. The summed E-state index contributed by atoms with van der Waals surface area (Å²) in [6.45, 7) is 3.06. The molecule has 102 valence electrons. The van der Waals surface area contributed by atoms with Crippen molar-refractivity contribution in [1.82, 2.24) is 15.5 Å². The molecular formula is C13H16BrN3O2. The highest BCUT2D eigenvalue weighted by atomic mass is 79.9. The van der Waals surface area contributed by atoms with Crippen molar-refractivity contribution >= 4 is 15.9 Å². The fourth-order valence-electron chi connectivity index (χ4n) is 1.61. The van der Waals surface area contributed by atoms with Crippen molar-refractivity contribution in [3.63, 3.8) is 0 Å². The lowest BCUT2D eigenvalue weighted by Gasteiger charge is -2.08. The van der Waals surface area contributed by atoms with Gasteiger partial charge in [0.15, 0.2) is 6.61 Å². The van der Waals surface area contributed by atoms with Crippen molar-refractivity contribution in [2.75, 3.05) is 7.05 Å². The summed E-state index contributed by atoms with van der Waals surface area (Å²) in [5.41, 5.74) is 1.14. The Morgan fingerprint density at radius 2 is 2.26 bits per heavy atom. The number of benzene rings is 1. The molecule has 1 aromatic heterocycles. The third-order valence-electron chi connectivity index (χ3n) is 2.56. The first-order valence-electron chi connectivity index (χ1n) is 6.10. The van der Waals surface area contributed by atoms with Gasteiger partial charge in [0.1, 0.15) is 5.75 Å². The Kier molecular flexibility index (Phi) is 4.93. The van der Waals surface area contributed by atoms with Crippen LogP contribution in [0.2, 0.25) is 0 Å². The molecule has 0 aliphatic carbocycles. The van der Waals surface area contributed by atoms with Gasteiger partial charge in [-0.1, -0.05) is 28.0 Å². The standard InChI is InChI=1S/C13H16BrN3O2/c1-3-13-16-12(17-19-13)8-18-10-4-5-11(14)9(6-10)7-15-2/h4-6,15H,3,7-8H2,1-2H3. The summed E-state index contributed by atoms with van der Waals surface area (Å²) in [7, 11) is 1.91. The van der Waals surface area contributed by atoms with Crippen molar-refractivity contribution in [3.05, 3.63) is 40.0 Å². The molecule has 19 heavy (non-hydrogen) atoms. The minimum Gasteiger partial charge on any atom is -0.485 e. The topological polar surface area (TPSA) is 60.2 Å². The van der Waals surface area contributed by atoms with Crippen LogP contribution in [0.15, 0.2) is 27.2 Å². The summed E-state index contributed by atoms with van der Waals surface area (Å²) in [6, 6.07) is 5.86. The summed E-state index contributed by atoms with van der Waals surface area (Å²) in [5, 5.41) is 6.96. The molecule has 0 radical (unpaired) electrons. The molecule has 0 amide bonds. The van der Waals surface area contributed by atoms with E-state index in [0.29, 0.717) is 18.3 Å². The fourth-order valence-corrected chi connectivity index (χ4v) is 1.99. The summed E-state index contributed by atoms with van der Waals surface area (Å²) < 4.78 is 11.7. The van der Waals surface area contributed by atoms with Crippen LogP contribution >= 0.6 is 15.9 Å². The van der Waals surface area contributed by atoms with Crippen LogP contribution in [0.4, 0.5) is 0 Å². The van der Waals surface area contributed by atoms with E-state index in [1.54, 1.807) is 0 Å². The Labute approximate surface area is 120 Å². The number of nitrogens with zero attached hydrogens (tertiary/aromatic N) is 2. The number of rotatable bonds is 6. The zero-order valence-electron chi connectivity index (χ0n) is 10.9. The Balaban J connectivity index is 2.00. The molecule has 1 N–H and O–H groups in total. The SMILES string of the molecule is CCc1nc(COc2ccc(Br)c(CNC)c2)no1. The average molecular weight is 326 g/mol. The molecule has 0 saturated carbocycles. The zero-order valence-corrected chi connectivity index (χ0v) is 12.5. The van der Waals surface area contributed by atoms with Crippen LogP contribution in [0.5, 0.6) is 5.75 Å².